The normalized spacial score (nSPS) is 14.7. The molecule has 218 valence electrons. The largest absolute Gasteiger partial charge is 0.352 e. The highest BCUT2D eigenvalue weighted by Crippen LogP contribution is 2.35. The van der Waals surface area contributed by atoms with Crippen molar-refractivity contribution in [2.45, 2.75) is 62.6 Å². The third-order valence-electron chi connectivity index (χ3n) is 7.23. The van der Waals surface area contributed by atoms with E-state index in [1.54, 1.807) is 55.5 Å². The third kappa shape index (κ3) is 7.55. The first-order chi connectivity index (χ1) is 19.6. The van der Waals surface area contributed by atoms with Gasteiger partial charge in [0.1, 0.15) is 12.6 Å². The number of sulfonamides is 1. The maximum Gasteiger partial charge on any atom is 0.264 e. The van der Waals surface area contributed by atoms with Crippen molar-refractivity contribution in [1.29, 1.82) is 0 Å². The van der Waals surface area contributed by atoms with Crippen LogP contribution in [0.15, 0.2) is 77.7 Å². The van der Waals surface area contributed by atoms with E-state index < -0.39 is 28.5 Å². The number of carbonyl (C=O) groups excluding carboxylic acids is 2. The van der Waals surface area contributed by atoms with Crippen LogP contribution >= 0.6 is 34.8 Å². The molecule has 1 atom stereocenters. The molecule has 0 heterocycles. The molecule has 1 saturated carbocycles. The van der Waals surface area contributed by atoms with Crippen molar-refractivity contribution >= 4 is 62.3 Å². The minimum absolute atomic E-state index is 0.000261. The molecule has 1 aliphatic carbocycles. The maximum atomic E-state index is 14.1. The Morgan fingerprint density at radius 2 is 1.51 bits per heavy atom. The second kappa shape index (κ2) is 13.9. The number of anilines is 1. The SMILES string of the molecule is C[C@@H](C(=O)NC1CCCCC1)N(Cc1ccccc1Cl)C(=O)CN(c1cccc(Cl)c1Cl)S(=O)(=O)c1ccccc1. The predicted molar refractivity (Wildman–Crippen MR) is 164 cm³/mol. The van der Waals surface area contributed by atoms with Gasteiger partial charge in [0.15, 0.2) is 0 Å². The summed E-state index contributed by atoms with van der Waals surface area (Å²) in [6.07, 6.45) is 4.97. The van der Waals surface area contributed by atoms with Gasteiger partial charge in [0.2, 0.25) is 11.8 Å². The zero-order chi connectivity index (χ0) is 29.6. The van der Waals surface area contributed by atoms with Crippen LogP contribution in [0.4, 0.5) is 5.69 Å². The number of rotatable bonds is 10. The fraction of sp³-hybridized carbons (Fsp3) is 0.333. The van der Waals surface area contributed by atoms with E-state index in [0.29, 0.717) is 10.6 Å². The molecule has 0 bridgehead atoms. The molecule has 3 aromatic rings. The first kappa shape index (κ1) is 31.2. The second-order valence-corrected chi connectivity index (χ2v) is 13.1. The van der Waals surface area contributed by atoms with Crippen molar-refractivity contribution in [3.63, 3.8) is 0 Å². The highest BCUT2D eigenvalue weighted by molar-refractivity contribution is 7.92. The summed E-state index contributed by atoms with van der Waals surface area (Å²) in [4.78, 5) is 28.8. The lowest BCUT2D eigenvalue weighted by Gasteiger charge is -2.33. The molecule has 1 N–H and O–H groups in total. The molecule has 7 nitrogen and oxygen atoms in total. The van der Waals surface area contributed by atoms with Crippen molar-refractivity contribution in [3.8, 4) is 0 Å². The molecule has 1 fully saturated rings. The predicted octanol–water partition coefficient (Wildman–Crippen LogP) is 6.71. The van der Waals surface area contributed by atoms with Crippen LogP contribution in [-0.2, 0) is 26.2 Å². The lowest BCUT2D eigenvalue weighted by molar-refractivity contribution is -0.139. The van der Waals surface area contributed by atoms with E-state index in [2.05, 4.69) is 5.32 Å². The van der Waals surface area contributed by atoms with Crippen molar-refractivity contribution in [2.75, 3.05) is 10.8 Å². The zero-order valence-electron chi connectivity index (χ0n) is 22.6. The summed E-state index contributed by atoms with van der Waals surface area (Å²) in [6.45, 7) is 1.01. The van der Waals surface area contributed by atoms with Crippen LogP contribution in [0.5, 0.6) is 0 Å². The summed E-state index contributed by atoms with van der Waals surface area (Å²) < 4.78 is 28.7. The van der Waals surface area contributed by atoms with Gasteiger partial charge in [-0.25, -0.2) is 8.42 Å². The Labute approximate surface area is 256 Å². The molecule has 41 heavy (non-hydrogen) atoms. The summed E-state index contributed by atoms with van der Waals surface area (Å²) in [5.41, 5.74) is 0.673. The van der Waals surface area contributed by atoms with Gasteiger partial charge in [-0.3, -0.25) is 13.9 Å². The summed E-state index contributed by atoms with van der Waals surface area (Å²) in [5.74, 6) is -0.915. The Balaban J connectivity index is 1.71. The summed E-state index contributed by atoms with van der Waals surface area (Å²) in [6, 6.07) is 18.5. The number of hydrogen-bond donors (Lipinski definition) is 1. The number of nitrogens with zero attached hydrogens (tertiary/aromatic N) is 2. The Kier molecular flexibility index (Phi) is 10.6. The van der Waals surface area contributed by atoms with Gasteiger partial charge in [-0.05, 0) is 55.7 Å². The van der Waals surface area contributed by atoms with E-state index in [1.807, 2.05) is 0 Å². The molecule has 0 aromatic heterocycles. The summed E-state index contributed by atoms with van der Waals surface area (Å²) in [7, 11) is -4.26. The molecule has 0 spiro atoms. The Morgan fingerprint density at radius 3 is 2.20 bits per heavy atom. The molecule has 0 unspecified atom stereocenters. The topological polar surface area (TPSA) is 86.8 Å². The molecule has 1 aliphatic rings. The van der Waals surface area contributed by atoms with E-state index in [1.165, 1.54) is 29.2 Å². The highest BCUT2D eigenvalue weighted by Gasteiger charge is 2.34. The van der Waals surface area contributed by atoms with Gasteiger partial charge < -0.3 is 10.2 Å². The third-order valence-corrected chi connectivity index (χ3v) is 10.2. The quantitative estimate of drug-likeness (QED) is 0.268. The maximum absolute atomic E-state index is 14.1. The molecule has 4 rings (SSSR count). The van der Waals surface area contributed by atoms with Gasteiger partial charge in [-0.1, -0.05) is 96.5 Å². The average molecular weight is 637 g/mol. The molecule has 0 radical (unpaired) electrons. The summed E-state index contributed by atoms with van der Waals surface area (Å²) in [5, 5.41) is 3.63. The van der Waals surface area contributed by atoms with Crippen LogP contribution in [0.1, 0.15) is 44.6 Å². The Bertz CT molecular complexity index is 1480. The van der Waals surface area contributed by atoms with Gasteiger partial charge in [0, 0.05) is 17.6 Å². The van der Waals surface area contributed by atoms with Crippen LogP contribution in [0, 0.1) is 0 Å². The monoisotopic (exact) mass is 635 g/mol. The molecule has 0 saturated heterocycles. The number of hydrogen-bond acceptors (Lipinski definition) is 4. The van der Waals surface area contributed by atoms with Crippen LogP contribution in [0.3, 0.4) is 0 Å². The molecule has 0 aliphatic heterocycles. The van der Waals surface area contributed by atoms with E-state index in [4.69, 9.17) is 34.8 Å². The number of benzene rings is 3. The molecule has 3 aromatic carbocycles. The van der Waals surface area contributed by atoms with E-state index in [9.17, 15) is 18.0 Å². The van der Waals surface area contributed by atoms with Crippen LogP contribution in [0.25, 0.3) is 0 Å². The van der Waals surface area contributed by atoms with Gasteiger partial charge in [0.25, 0.3) is 10.0 Å². The van der Waals surface area contributed by atoms with Gasteiger partial charge >= 0.3 is 0 Å². The Morgan fingerprint density at radius 1 is 0.878 bits per heavy atom. The standard InChI is InChI=1S/C30H32Cl3N3O4S/c1-21(30(38)34-23-12-4-2-5-13-23)35(19-22-11-8-9-16-25(22)31)28(37)20-36(27-18-10-17-26(32)29(27)33)41(39,40)24-14-6-3-7-15-24/h3,6-11,14-18,21,23H,2,4-5,12-13,19-20H2,1H3,(H,34,38)/t21-/m0/s1. The van der Waals surface area contributed by atoms with E-state index in [-0.39, 0.29) is 39.1 Å². The minimum atomic E-state index is -4.26. The number of amides is 2. The van der Waals surface area contributed by atoms with Crippen LogP contribution in [0.2, 0.25) is 15.1 Å². The highest BCUT2D eigenvalue weighted by atomic mass is 35.5. The lowest BCUT2D eigenvalue weighted by Crippen LogP contribution is -2.53. The van der Waals surface area contributed by atoms with Gasteiger partial charge in [-0.15, -0.1) is 0 Å². The molecular formula is C30H32Cl3N3O4S. The second-order valence-electron chi connectivity index (χ2n) is 10.0. The average Bonchev–Trinajstić information content (AvgIpc) is 2.97. The molecule has 2 amide bonds. The fourth-order valence-corrected chi connectivity index (χ4v) is 6.97. The first-order valence-electron chi connectivity index (χ1n) is 13.4. The molecular weight excluding hydrogens is 605 g/mol. The fourth-order valence-electron chi connectivity index (χ4n) is 4.88. The van der Waals surface area contributed by atoms with Gasteiger partial charge in [0.05, 0.1) is 20.6 Å². The zero-order valence-corrected chi connectivity index (χ0v) is 25.7. The Hall–Kier alpha value is -2.78. The lowest BCUT2D eigenvalue weighted by atomic mass is 9.95. The number of nitrogens with one attached hydrogen (secondary N) is 1. The van der Waals surface area contributed by atoms with Crippen LogP contribution in [-0.4, -0.2) is 43.8 Å². The van der Waals surface area contributed by atoms with Crippen LogP contribution < -0.4 is 9.62 Å². The van der Waals surface area contributed by atoms with E-state index >= 15 is 0 Å². The van der Waals surface area contributed by atoms with Crippen molar-refractivity contribution in [2.24, 2.45) is 0 Å². The summed E-state index contributed by atoms with van der Waals surface area (Å²) >= 11 is 19.1. The van der Waals surface area contributed by atoms with Gasteiger partial charge in [-0.2, -0.15) is 0 Å². The number of halogens is 3. The number of carbonyl (C=O) groups is 2. The first-order valence-corrected chi connectivity index (χ1v) is 16.0. The smallest absolute Gasteiger partial charge is 0.264 e. The minimum Gasteiger partial charge on any atom is -0.352 e. The van der Waals surface area contributed by atoms with Crippen molar-refractivity contribution in [3.05, 3.63) is 93.4 Å². The van der Waals surface area contributed by atoms with Crippen molar-refractivity contribution < 1.29 is 18.0 Å². The molecule has 11 heteroatoms. The van der Waals surface area contributed by atoms with Crippen molar-refractivity contribution in [1.82, 2.24) is 10.2 Å². The van der Waals surface area contributed by atoms with E-state index in [0.717, 1.165) is 36.4 Å².